The van der Waals surface area contributed by atoms with E-state index < -0.39 is 11.9 Å². The Morgan fingerprint density at radius 3 is 2.50 bits per heavy atom. The van der Waals surface area contributed by atoms with Gasteiger partial charge in [0.15, 0.2) is 5.16 Å². The minimum atomic E-state index is -2.94. The third-order valence-corrected chi connectivity index (χ3v) is 6.06. The van der Waals surface area contributed by atoms with Crippen LogP contribution in [0.25, 0.3) is 16.6 Å². The lowest BCUT2D eigenvalue weighted by molar-refractivity contribution is -0.134. The predicted octanol–water partition coefficient (Wildman–Crippen LogP) is 3.33. The molecule has 2 heterocycles. The molecule has 0 saturated carbocycles. The summed E-state index contributed by atoms with van der Waals surface area (Å²) in [5.41, 5.74) is 0.634. The third-order valence-electron chi connectivity index (χ3n) is 5.02. The molecular formula is C22H21F2N3O4S. The van der Waals surface area contributed by atoms with Crippen molar-refractivity contribution in [3.8, 4) is 11.4 Å². The highest BCUT2D eigenvalue weighted by Crippen LogP contribution is 2.27. The zero-order valence-electron chi connectivity index (χ0n) is 17.2. The van der Waals surface area contributed by atoms with Gasteiger partial charge in [0.2, 0.25) is 5.91 Å². The fourth-order valence-electron chi connectivity index (χ4n) is 3.45. The molecule has 2 aromatic carbocycles. The molecule has 0 N–H and O–H groups in total. The lowest BCUT2D eigenvalue weighted by atomic mass is 10.2. The zero-order chi connectivity index (χ0) is 22.7. The molecule has 1 fully saturated rings. The molecule has 1 atom stereocenters. The van der Waals surface area contributed by atoms with Gasteiger partial charge in [0.1, 0.15) is 5.75 Å². The van der Waals surface area contributed by atoms with Gasteiger partial charge >= 0.3 is 6.61 Å². The van der Waals surface area contributed by atoms with Gasteiger partial charge in [0.05, 0.1) is 35.1 Å². The van der Waals surface area contributed by atoms with Crippen molar-refractivity contribution in [1.82, 2.24) is 14.5 Å². The molecule has 10 heteroatoms. The smallest absolute Gasteiger partial charge is 0.387 e. The number of ether oxygens (including phenoxy) is 2. The Labute approximate surface area is 186 Å². The summed E-state index contributed by atoms with van der Waals surface area (Å²) >= 11 is 1.18. The first-order chi connectivity index (χ1) is 15.4. The van der Waals surface area contributed by atoms with Gasteiger partial charge in [-0.25, -0.2) is 4.98 Å². The maximum atomic E-state index is 13.3. The standard InChI is InChI=1S/C22H21F2N3O4S/c1-14(19(28)26-10-12-30-13-11-26)32-22-25-18-5-3-2-4-17(18)20(29)27(22)15-6-8-16(9-7-15)31-21(23)24/h2-9,14,21H,10-13H2,1H3. The van der Waals surface area contributed by atoms with Gasteiger partial charge < -0.3 is 14.4 Å². The second-order valence-corrected chi connectivity index (χ2v) is 8.43. The molecule has 1 unspecified atom stereocenters. The van der Waals surface area contributed by atoms with Crippen molar-refractivity contribution in [2.75, 3.05) is 26.3 Å². The van der Waals surface area contributed by atoms with Crippen LogP contribution in [0.5, 0.6) is 5.75 Å². The van der Waals surface area contributed by atoms with E-state index in [1.165, 1.54) is 40.6 Å². The largest absolute Gasteiger partial charge is 0.435 e. The number of alkyl halides is 2. The van der Waals surface area contributed by atoms with Gasteiger partial charge in [-0.1, -0.05) is 23.9 Å². The summed E-state index contributed by atoms with van der Waals surface area (Å²) in [6, 6.07) is 12.7. The minimum absolute atomic E-state index is 0.0180. The van der Waals surface area contributed by atoms with Gasteiger partial charge in [-0.05, 0) is 43.3 Å². The molecule has 1 aliphatic rings. The maximum absolute atomic E-state index is 13.3. The summed E-state index contributed by atoms with van der Waals surface area (Å²) in [5, 5.41) is 0.260. The molecule has 0 aliphatic carbocycles. The summed E-state index contributed by atoms with van der Waals surface area (Å²) in [6.07, 6.45) is 0. The average molecular weight is 461 g/mol. The monoisotopic (exact) mass is 461 g/mol. The number of fused-ring (bicyclic) bond motifs is 1. The van der Waals surface area contributed by atoms with E-state index in [2.05, 4.69) is 9.72 Å². The lowest BCUT2D eigenvalue weighted by Gasteiger charge is -2.29. The predicted molar refractivity (Wildman–Crippen MR) is 117 cm³/mol. The zero-order valence-corrected chi connectivity index (χ0v) is 18.1. The van der Waals surface area contributed by atoms with Gasteiger partial charge in [-0.3, -0.25) is 14.2 Å². The number of thioether (sulfide) groups is 1. The Hall–Kier alpha value is -2.98. The molecule has 0 spiro atoms. The Morgan fingerprint density at radius 1 is 1.12 bits per heavy atom. The van der Waals surface area contributed by atoms with Gasteiger partial charge in [0, 0.05) is 13.1 Å². The average Bonchev–Trinajstić information content (AvgIpc) is 2.80. The first-order valence-corrected chi connectivity index (χ1v) is 10.9. The Morgan fingerprint density at radius 2 is 1.81 bits per heavy atom. The Balaban J connectivity index is 1.72. The summed E-state index contributed by atoms with van der Waals surface area (Å²) in [6.45, 7) is 0.863. The third kappa shape index (κ3) is 4.76. The van der Waals surface area contributed by atoms with E-state index in [1.54, 1.807) is 36.1 Å². The van der Waals surface area contributed by atoms with Crippen LogP contribution in [-0.2, 0) is 9.53 Å². The number of hydrogen-bond donors (Lipinski definition) is 0. The summed E-state index contributed by atoms with van der Waals surface area (Å²) < 4.78 is 36.1. The number of rotatable bonds is 6. The number of nitrogens with zero attached hydrogens (tertiary/aromatic N) is 3. The van der Waals surface area contributed by atoms with E-state index >= 15 is 0 Å². The number of carbonyl (C=O) groups is 1. The molecule has 0 bridgehead atoms. The molecule has 1 saturated heterocycles. The van der Waals surface area contributed by atoms with E-state index in [0.717, 1.165) is 0 Å². The minimum Gasteiger partial charge on any atom is -0.435 e. The first kappa shape index (κ1) is 22.2. The molecule has 168 valence electrons. The molecule has 1 aromatic heterocycles. The van der Waals surface area contributed by atoms with Crippen LogP contribution in [0.15, 0.2) is 58.5 Å². The lowest BCUT2D eigenvalue weighted by Crippen LogP contribution is -2.44. The van der Waals surface area contributed by atoms with E-state index in [0.29, 0.717) is 48.1 Å². The van der Waals surface area contributed by atoms with Crippen LogP contribution < -0.4 is 10.3 Å². The number of carbonyl (C=O) groups excluding carboxylic acids is 1. The van der Waals surface area contributed by atoms with Crippen LogP contribution in [0.4, 0.5) is 8.78 Å². The quantitative estimate of drug-likeness (QED) is 0.414. The van der Waals surface area contributed by atoms with Gasteiger partial charge in [0.25, 0.3) is 5.56 Å². The highest BCUT2D eigenvalue weighted by Gasteiger charge is 2.25. The Bertz CT molecular complexity index is 1160. The molecule has 0 radical (unpaired) electrons. The van der Waals surface area contributed by atoms with Crippen molar-refractivity contribution in [1.29, 1.82) is 0 Å². The molecule has 7 nitrogen and oxygen atoms in total. The summed E-state index contributed by atoms with van der Waals surface area (Å²) in [4.78, 5) is 32.6. The summed E-state index contributed by atoms with van der Waals surface area (Å²) in [7, 11) is 0. The maximum Gasteiger partial charge on any atom is 0.387 e. The van der Waals surface area contributed by atoms with E-state index in [9.17, 15) is 18.4 Å². The number of para-hydroxylation sites is 1. The number of amides is 1. The number of aromatic nitrogens is 2. The molecule has 4 rings (SSSR count). The SMILES string of the molecule is CC(Sc1nc2ccccc2c(=O)n1-c1ccc(OC(F)F)cc1)C(=O)N1CCOCC1. The van der Waals surface area contributed by atoms with Crippen LogP contribution in [0.3, 0.4) is 0 Å². The van der Waals surface area contributed by atoms with Crippen molar-refractivity contribution in [3.63, 3.8) is 0 Å². The van der Waals surface area contributed by atoms with Crippen molar-refractivity contribution in [3.05, 3.63) is 58.9 Å². The van der Waals surface area contributed by atoms with Crippen molar-refractivity contribution >= 4 is 28.6 Å². The molecule has 1 amide bonds. The number of hydrogen-bond acceptors (Lipinski definition) is 6. The molecule has 32 heavy (non-hydrogen) atoms. The van der Waals surface area contributed by atoms with E-state index in [4.69, 9.17) is 4.74 Å². The van der Waals surface area contributed by atoms with E-state index in [1.807, 2.05) is 0 Å². The second kappa shape index (κ2) is 9.66. The van der Waals surface area contributed by atoms with Crippen molar-refractivity contribution < 1.29 is 23.0 Å². The van der Waals surface area contributed by atoms with Crippen LogP contribution in [0, 0.1) is 0 Å². The van der Waals surface area contributed by atoms with E-state index in [-0.39, 0.29) is 17.2 Å². The topological polar surface area (TPSA) is 73.7 Å². The first-order valence-electron chi connectivity index (χ1n) is 10.0. The highest BCUT2D eigenvalue weighted by atomic mass is 32.2. The van der Waals surface area contributed by atoms with Crippen LogP contribution in [0.1, 0.15) is 6.92 Å². The van der Waals surface area contributed by atoms with Crippen molar-refractivity contribution in [2.45, 2.75) is 23.9 Å². The molecule has 1 aliphatic heterocycles. The number of morpholine rings is 1. The van der Waals surface area contributed by atoms with Crippen LogP contribution >= 0.6 is 11.8 Å². The molecular weight excluding hydrogens is 440 g/mol. The van der Waals surface area contributed by atoms with Crippen molar-refractivity contribution in [2.24, 2.45) is 0 Å². The fourth-order valence-corrected chi connectivity index (χ4v) is 4.46. The van der Waals surface area contributed by atoms with Crippen LogP contribution in [-0.4, -0.2) is 58.5 Å². The highest BCUT2D eigenvalue weighted by molar-refractivity contribution is 8.00. The normalized spacial score (nSPS) is 15.2. The number of halogens is 2. The van der Waals surface area contributed by atoms with Gasteiger partial charge in [-0.2, -0.15) is 8.78 Å². The fraction of sp³-hybridized carbons (Fsp3) is 0.318. The number of benzene rings is 2. The Kier molecular flexibility index (Phi) is 6.71. The van der Waals surface area contributed by atoms with Crippen LogP contribution in [0.2, 0.25) is 0 Å². The molecule has 3 aromatic rings. The summed E-state index contributed by atoms with van der Waals surface area (Å²) in [5.74, 6) is -0.0800. The van der Waals surface area contributed by atoms with Gasteiger partial charge in [-0.15, -0.1) is 0 Å². The second-order valence-electron chi connectivity index (χ2n) is 7.12.